The van der Waals surface area contributed by atoms with Gasteiger partial charge in [-0.15, -0.1) is 0 Å². The molecule has 2 atom stereocenters. The minimum Gasteiger partial charge on any atom is -0.299 e. The van der Waals surface area contributed by atoms with Gasteiger partial charge in [0.15, 0.2) is 0 Å². The number of carbonyl (C=O) groups is 1. The standard InChI is InChI=1S/C10H11ClO2S/c1-7(12)8(2)14(13)10-6-4-3-5-9(10)11/h3-6,8H,1-2H3. The maximum Gasteiger partial charge on any atom is 0.145 e. The highest BCUT2D eigenvalue weighted by Crippen LogP contribution is 2.21. The second-order valence-corrected chi connectivity index (χ2v) is 5.13. The van der Waals surface area contributed by atoms with Gasteiger partial charge in [-0.1, -0.05) is 23.7 Å². The number of Topliss-reactive ketones (excluding diaryl/α,β-unsaturated/α-hetero) is 1. The third-order valence-corrected chi connectivity index (χ3v) is 4.15. The fourth-order valence-corrected chi connectivity index (χ4v) is 2.47. The lowest BCUT2D eigenvalue weighted by molar-refractivity contribution is -0.116. The summed E-state index contributed by atoms with van der Waals surface area (Å²) in [5, 5.41) is -0.0613. The Bertz CT molecular complexity index is 376. The van der Waals surface area contributed by atoms with Gasteiger partial charge in [-0.3, -0.25) is 9.00 Å². The number of carbonyl (C=O) groups excluding carboxylic acids is 1. The van der Waals surface area contributed by atoms with E-state index in [0.29, 0.717) is 9.92 Å². The smallest absolute Gasteiger partial charge is 0.145 e. The summed E-state index contributed by atoms with van der Waals surface area (Å²) >= 11 is 5.86. The Labute approximate surface area is 90.7 Å². The van der Waals surface area contributed by atoms with E-state index in [1.165, 1.54) is 6.92 Å². The van der Waals surface area contributed by atoms with Crippen LogP contribution in [0.15, 0.2) is 29.2 Å². The maximum atomic E-state index is 11.8. The van der Waals surface area contributed by atoms with Crippen molar-refractivity contribution in [3.63, 3.8) is 0 Å². The van der Waals surface area contributed by atoms with Gasteiger partial charge >= 0.3 is 0 Å². The monoisotopic (exact) mass is 230 g/mol. The molecule has 0 aliphatic carbocycles. The number of benzene rings is 1. The highest BCUT2D eigenvalue weighted by atomic mass is 35.5. The lowest BCUT2D eigenvalue weighted by Crippen LogP contribution is -2.19. The van der Waals surface area contributed by atoms with Crippen molar-refractivity contribution in [3.05, 3.63) is 29.3 Å². The second-order valence-electron chi connectivity index (χ2n) is 2.98. The molecule has 0 heterocycles. The predicted octanol–water partition coefficient (Wildman–Crippen LogP) is 2.43. The summed E-state index contributed by atoms with van der Waals surface area (Å²) in [6, 6.07) is 6.87. The molecule has 0 saturated heterocycles. The fourth-order valence-electron chi connectivity index (χ4n) is 0.949. The van der Waals surface area contributed by atoms with Crippen LogP contribution in [0.5, 0.6) is 0 Å². The highest BCUT2D eigenvalue weighted by molar-refractivity contribution is 7.86. The highest BCUT2D eigenvalue weighted by Gasteiger charge is 2.19. The van der Waals surface area contributed by atoms with Gasteiger partial charge in [-0.2, -0.15) is 0 Å². The number of rotatable bonds is 3. The Morgan fingerprint density at radius 2 is 2.00 bits per heavy atom. The van der Waals surface area contributed by atoms with Crippen LogP contribution in [-0.2, 0) is 15.6 Å². The number of hydrogen-bond donors (Lipinski definition) is 0. The molecule has 2 unspecified atom stereocenters. The molecule has 0 N–H and O–H groups in total. The summed E-state index contributed by atoms with van der Waals surface area (Å²) in [4.78, 5) is 11.6. The van der Waals surface area contributed by atoms with Crippen molar-refractivity contribution in [3.8, 4) is 0 Å². The molecular weight excluding hydrogens is 220 g/mol. The molecule has 76 valence electrons. The molecule has 0 spiro atoms. The van der Waals surface area contributed by atoms with E-state index in [0.717, 1.165) is 0 Å². The van der Waals surface area contributed by atoms with Crippen molar-refractivity contribution in [2.24, 2.45) is 0 Å². The molecule has 0 fully saturated rings. The van der Waals surface area contributed by atoms with Crippen LogP contribution in [0.1, 0.15) is 13.8 Å². The van der Waals surface area contributed by atoms with Crippen molar-refractivity contribution in [1.82, 2.24) is 0 Å². The molecule has 0 aliphatic rings. The molecular formula is C10H11ClO2S. The van der Waals surface area contributed by atoms with Gasteiger partial charge in [-0.05, 0) is 26.0 Å². The Kier molecular flexibility index (Phi) is 3.84. The third kappa shape index (κ3) is 2.42. The number of ketones is 1. The van der Waals surface area contributed by atoms with Gasteiger partial charge in [0.25, 0.3) is 0 Å². The zero-order chi connectivity index (χ0) is 10.7. The second kappa shape index (κ2) is 4.71. The Balaban J connectivity index is 3.01. The normalized spacial score (nSPS) is 14.8. The lowest BCUT2D eigenvalue weighted by atomic mass is 10.3. The van der Waals surface area contributed by atoms with E-state index < -0.39 is 16.0 Å². The molecule has 2 nitrogen and oxygen atoms in total. The number of hydrogen-bond acceptors (Lipinski definition) is 2. The summed E-state index contributed by atoms with van der Waals surface area (Å²) in [7, 11) is -1.35. The van der Waals surface area contributed by atoms with Crippen molar-refractivity contribution in [2.45, 2.75) is 24.0 Å². The van der Waals surface area contributed by atoms with E-state index in [9.17, 15) is 9.00 Å². The summed E-state index contributed by atoms with van der Waals surface area (Å²) in [6.45, 7) is 3.07. The van der Waals surface area contributed by atoms with Crippen molar-refractivity contribution < 1.29 is 9.00 Å². The zero-order valence-corrected chi connectivity index (χ0v) is 9.56. The van der Waals surface area contributed by atoms with E-state index >= 15 is 0 Å². The van der Waals surface area contributed by atoms with Crippen LogP contribution in [0.3, 0.4) is 0 Å². The van der Waals surface area contributed by atoms with Crippen LogP contribution in [0.25, 0.3) is 0 Å². The van der Waals surface area contributed by atoms with Crippen LogP contribution in [0, 0.1) is 0 Å². The molecule has 1 rings (SSSR count). The minimum atomic E-state index is -1.35. The van der Waals surface area contributed by atoms with Crippen LogP contribution in [-0.4, -0.2) is 15.2 Å². The molecule has 1 aromatic rings. The van der Waals surface area contributed by atoms with Gasteiger partial charge < -0.3 is 0 Å². The zero-order valence-electron chi connectivity index (χ0n) is 7.99. The van der Waals surface area contributed by atoms with Crippen LogP contribution in [0.4, 0.5) is 0 Å². The van der Waals surface area contributed by atoms with E-state index in [4.69, 9.17) is 11.6 Å². The predicted molar refractivity (Wildman–Crippen MR) is 58.0 cm³/mol. The fraction of sp³-hybridized carbons (Fsp3) is 0.300. The first-order valence-corrected chi connectivity index (χ1v) is 5.78. The SMILES string of the molecule is CC(=O)C(C)S(=O)c1ccccc1Cl. The molecule has 0 bridgehead atoms. The van der Waals surface area contributed by atoms with Crippen molar-refractivity contribution in [2.75, 3.05) is 0 Å². The van der Waals surface area contributed by atoms with Gasteiger partial charge in [-0.25, -0.2) is 0 Å². The van der Waals surface area contributed by atoms with Crippen molar-refractivity contribution in [1.29, 1.82) is 0 Å². The van der Waals surface area contributed by atoms with Gasteiger partial charge in [0, 0.05) is 0 Å². The average molecular weight is 231 g/mol. The summed E-state index contributed by atoms with van der Waals surface area (Å²) < 4.78 is 11.8. The molecule has 4 heteroatoms. The van der Waals surface area contributed by atoms with E-state index in [-0.39, 0.29) is 5.78 Å². The first-order valence-electron chi connectivity index (χ1n) is 4.19. The van der Waals surface area contributed by atoms with Gasteiger partial charge in [0.2, 0.25) is 0 Å². The summed E-state index contributed by atoms with van der Waals surface area (Å²) in [6.07, 6.45) is 0. The topological polar surface area (TPSA) is 34.1 Å². The summed E-state index contributed by atoms with van der Waals surface area (Å²) in [5.41, 5.74) is 0. The third-order valence-electron chi connectivity index (χ3n) is 1.95. The maximum absolute atomic E-state index is 11.8. The Hall–Kier alpha value is -0.670. The summed E-state index contributed by atoms with van der Waals surface area (Å²) in [5.74, 6) is -0.0942. The van der Waals surface area contributed by atoms with Crippen molar-refractivity contribution >= 4 is 28.2 Å². The van der Waals surface area contributed by atoms with Gasteiger partial charge in [0.1, 0.15) is 5.78 Å². The molecule has 14 heavy (non-hydrogen) atoms. The van der Waals surface area contributed by atoms with Crippen LogP contribution < -0.4 is 0 Å². The molecule has 0 amide bonds. The van der Waals surface area contributed by atoms with Gasteiger partial charge in [0.05, 0.1) is 26.0 Å². The lowest BCUT2D eigenvalue weighted by Gasteiger charge is -2.08. The largest absolute Gasteiger partial charge is 0.299 e. The Morgan fingerprint density at radius 1 is 1.43 bits per heavy atom. The first-order chi connectivity index (χ1) is 6.54. The average Bonchev–Trinajstić information content (AvgIpc) is 2.16. The van der Waals surface area contributed by atoms with E-state index in [1.54, 1.807) is 31.2 Å². The first kappa shape index (κ1) is 11.4. The quantitative estimate of drug-likeness (QED) is 0.799. The molecule has 0 aliphatic heterocycles. The van der Waals surface area contributed by atoms with Crippen LogP contribution >= 0.6 is 11.6 Å². The van der Waals surface area contributed by atoms with Crippen LogP contribution in [0.2, 0.25) is 5.02 Å². The molecule has 0 radical (unpaired) electrons. The molecule has 0 saturated carbocycles. The molecule has 1 aromatic carbocycles. The molecule has 0 aromatic heterocycles. The minimum absolute atomic E-state index is 0.0942. The van der Waals surface area contributed by atoms with E-state index in [2.05, 4.69) is 0 Å². The number of halogens is 1. The Morgan fingerprint density at radius 3 is 2.50 bits per heavy atom. The van der Waals surface area contributed by atoms with E-state index in [1.807, 2.05) is 0 Å².